The summed E-state index contributed by atoms with van der Waals surface area (Å²) in [4.78, 5) is 0. The lowest BCUT2D eigenvalue weighted by molar-refractivity contribution is 0.465. The Morgan fingerprint density at radius 1 is 1.19 bits per heavy atom. The monoisotopic (exact) mass is 283 g/mol. The number of fused-ring (bicyclic) bond motifs is 1. The van der Waals surface area contributed by atoms with Gasteiger partial charge in [-0.3, -0.25) is 0 Å². The number of benzene rings is 2. The molecule has 0 fully saturated rings. The summed E-state index contributed by atoms with van der Waals surface area (Å²) in [6.45, 7) is 4.37. The van der Waals surface area contributed by atoms with Crippen LogP contribution >= 0.6 is 0 Å². The highest BCUT2D eigenvalue weighted by molar-refractivity contribution is 5.35. The van der Waals surface area contributed by atoms with Crippen LogP contribution in [0.1, 0.15) is 54.6 Å². The van der Waals surface area contributed by atoms with Crippen molar-refractivity contribution in [1.29, 1.82) is 0 Å². The van der Waals surface area contributed by atoms with E-state index in [1.54, 1.807) is 12.1 Å². The van der Waals surface area contributed by atoms with Crippen molar-refractivity contribution in [2.75, 3.05) is 0 Å². The third-order valence-corrected chi connectivity index (χ3v) is 4.52. The Balaban J connectivity index is 1.72. The summed E-state index contributed by atoms with van der Waals surface area (Å²) in [5.74, 6) is -0.127. The summed E-state index contributed by atoms with van der Waals surface area (Å²) in [7, 11) is 0. The Morgan fingerprint density at radius 3 is 2.67 bits per heavy atom. The van der Waals surface area contributed by atoms with Gasteiger partial charge < -0.3 is 5.32 Å². The molecule has 0 amide bonds. The third-order valence-electron chi connectivity index (χ3n) is 4.52. The van der Waals surface area contributed by atoms with Gasteiger partial charge in [0.1, 0.15) is 5.82 Å². The molecule has 21 heavy (non-hydrogen) atoms. The lowest BCUT2D eigenvalue weighted by Crippen LogP contribution is -2.23. The maximum Gasteiger partial charge on any atom is 0.123 e. The molecule has 2 atom stereocenters. The first-order chi connectivity index (χ1) is 10.2. The minimum Gasteiger partial charge on any atom is -0.303 e. The molecule has 2 unspecified atom stereocenters. The summed E-state index contributed by atoms with van der Waals surface area (Å²) in [6.07, 6.45) is 3.09. The van der Waals surface area contributed by atoms with E-state index in [0.717, 1.165) is 24.8 Å². The molecular weight excluding hydrogens is 261 g/mol. The smallest absolute Gasteiger partial charge is 0.123 e. The van der Waals surface area contributed by atoms with Gasteiger partial charge in [-0.15, -0.1) is 0 Å². The maximum absolute atomic E-state index is 13.3. The standard InChI is InChI=1S/C19H22FN/c1-3-14-4-6-15(7-5-14)13(2)21-19-11-8-16-12-17(20)9-10-18(16)19/h4-7,9-10,12-13,19,21H,3,8,11H2,1-2H3. The van der Waals surface area contributed by atoms with E-state index in [-0.39, 0.29) is 5.82 Å². The summed E-state index contributed by atoms with van der Waals surface area (Å²) >= 11 is 0. The van der Waals surface area contributed by atoms with Gasteiger partial charge in [0.15, 0.2) is 0 Å². The predicted molar refractivity (Wildman–Crippen MR) is 84.8 cm³/mol. The molecule has 0 saturated heterocycles. The topological polar surface area (TPSA) is 12.0 Å². The molecule has 2 aromatic carbocycles. The number of hydrogen-bond donors (Lipinski definition) is 1. The second-order valence-electron chi connectivity index (χ2n) is 5.92. The van der Waals surface area contributed by atoms with Crippen molar-refractivity contribution >= 4 is 0 Å². The van der Waals surface area contributed by atoms with Gasteiger partial charge >= 0.3 is 0 Å². The van der Waals surface area contributed by atoms with Gasteiger partial charge in [-0.1, -0.05) is 37.3 Å². The van der Waals surface area contributed by atoms with E-state index in [0.29, 0.717) is 12.1 Å². The minimum absolute atomic E-state index is 0.127. The second kappa shape index (κ2) is 5.98. The van der Waals surface area contributed by atoms with Crippen LogP contribution in [0.2, 0.25) is 0 Å². The molecule has 0 aliphatic heterocycles. The fourth-order valence-corrected chi connectivity index (χ4v) is 3.20. The lowest BCUT2D eigenvalue weighted by Gasteiger charge is -2.21. The molecule has 1 nitrogen and oxygen atoms in total. The molecule has 1 aliphatic carbocycles. The summed E-state index contributed by atoms with van der Waals surface area (Å²) in [5, 5.41) is 3.69. The molecule has 110 valence electrons. The zero-order valence-electron chi connectivity index (χ0n) is 12.7. The zero-order chi connectivity index (χ0) is 14.8. The average molecular weight is 283 g/mol. The maximum atomic E-state index is 13.3. The Kier molecular flexibility index (Phi) is 4.07. The number of rotatable bonds is 4. The van der Waals surface area contributed by atoms with Crippen LogP contribution in [0.25, 0.3) is 0 Å². The number of halogens is 1. The van der Waals surface area contributed by atoms with Crippen LogP contribution in [0.5, 0.6) is 0 Å². The SMILES string of the molecule is CCc1ccc(C(C)NC2CCc3cc(F)ccc32)cc1. The highest BCUT2D eigenvalue weighted by Crippen LogP contribution is 2.33. The Hall–Kier alpha value is -1.67. The van der Waals surface area contributed by atoms with Crippen LogP contribution < -0.4 is 5.32 Å². The molecule has 3 rings (SSSR count). The molecule has 1 aliphatic rings. The van der Waals surface area contributed by atoms with Crippen molar-refractivity contribution < 1.29 is 4.39 Å². The largest absolute Gasteiger partial charge is 0.303 e. The van der Waals surface area contributed by atoms with Crippen LogP contribution in [-0.4, -0.2) is 0 Å². The third kappa shape index (κ3) is 3.01. The normalized spacial score (nSPS) is 18.5. The molecular formula is C19H22FN. The van der Waals surface area contributed by atoms with Crippen LogP contribution in [0, 0.1) is 5.82 Å². The van der Waals surface area contributed by atoms with Crippen LogP contribution in [0.15, 0.2) is 42.5 Å². The van der Waals surface area contributed by atoms with Gasteiger partial charge in [-0.2, -0.15) is 0 Å². The predicted octanol–water partition coefficient (Wildman–Crippen LogP) is 4.73. The Bertz CT molecular complexity index is 618. The first kappa shape index (κ1) is 14.3. The van der Waals surface area contributed by atoms with Gasteiger partial charge in [0, 0.05) is 12.1 Å². The van der Waals surface area contributed by atoms with Crippen molar-refractivity contribution in [3.63, 3.8) is 0 Å². The molecule has 0 aromatic heterocycles. The second-order valence-corrected chi connectivity index (χ2v) is 5.92. The van der Waals surface area contributed by atoms with Crippen LogP contribution in [0.3, 0.4) is 0 Å². The van der Waals surface area contributed by atoms with Gasteiger partial charge in [0.05, 0.1) is 0 Å². The fraction of sp³-hybridized carbons (Fsp3) is 0.368. The van der Waals surface area contributed by atoms with Gasteiger partial charge in [0.2, 0.25) is 0 Å². The minimum atomic E-state index is -0.127. The molecule has 2 heteroatoms. The molecule has 2 aromatic rings. The van der Waals surface area contributed by atoms with Gasteiger partial charge in [0.25, 0.3) is 0 Å². The molecule has 0 bridgehead atoms. The van der Waals surface area contributed by atoms with E-state index in [1.165, 1.54) is 16.7 Å². The molecule has 0 spiro atoms. The van der Waals surface area contributed by atoms with Crippen LogP contribution in [0.4, 0.5) is 4.39 Å². The summed E-state index contributed by atoms with van der Waals surface area (Å²) in [6, 6.07) is 14.6. The van der Waals surface area contributed by atoms with E-state index in [9.17, 15) is 4.39 Å². The number of aryl methyl sites for hydroxylation is 2. The number of hydrogen-bond acceptors (Lipinski definition) is 1. The van der Waals surface area contributed by atoms with Gasteiger partial charge in [-0.05, 0) is 60.6 Å². The fourth-order valence-electron chi connectivity index (χ4n) is 3.20. The van der Waals surface area contributed by atoms with Crippen molar-refractivity contribution in [3.05, 3.63) is 70.5 Å². The van der Waals surface area contributed by atoms with Crippen molar-refractivity contribution in [2.24, 2.45) is 0 Å². The summed E-state index contributed by atoms with van der Waals surface area (Å²) < 4.78 is 13.3. The van der Waals surface area contributed by atoms with Gasteiger partial charge in [-0.25, -0.2) is 4.39 Å². The quantitative estimate of drug-likeness (QED) is 0.855. The average Bonchev–Trinajstić information content (AvgIpc) is 2.89. The highest BCUT2D eigenvalue weighted by atomic mass is 19.1. The first-order valence-electron chi connectivity index (χ1n) is 7.80. The first-order valence-corrected chi connectivity index (χ1v) is 7.80. The Labute approximate surface area is 126 Å². The van der Waals surface area contributed by atoms with Crippen molar-refractivity contribution in [2.45, 2.75) is 45.2 Å². The molecule has 1 N–H and O–H groups in total. The van der Waals surface area contributed by atoms with E-state index in [4.69, 9.17) is 0 Å². The lowest BCUT2D eigenvalue weighted by atomic mass is 10.0. The molecule has 0 radical (unpaired) electrons. The molecule has 0 heterocycles. The summed E-state index contributed by atoms with van der Waals surface area (Å²) in [5.41, 5.74) is 5.09. The van der Waals surface area contributed by atoms with E-state index in [2.05, 4.69) is 43.4 Å². The van der Waals surface area contributed by atoms with Crippen molar-refractivity contribution in [1.82, 2.24) is 5.32 Å². The van der Waals surface area contributed by atoms with E-state index >= 15 is 0 Å². The molecule has 0 saturated carbocycles. The van der Waals surface area contributed by atoms with Crippen LogP contribution in [-0.2, 0) is 12.8 Å². The van der Waals surface area contributed by atoms with Crippen molar-refractivity contribution in [3.8, 4) is 0 Å². The number of nitrogens with one attached hydrogen (secondary N) is 1. The highest BCUT2D eigenvalue weighted by Gasteiger charge is 2.24. The van der Waals surface area contributed by atoms with E-state index in [1.807, 2.05) is 6.07 Å². The Morgan fingerprint density at radius 2 is 1.95 bits per heavy atom. The van der Waals surface area contributed by atoms with E-state index < -0.39 is 0 Å². The zero-order valence-corrected chi connectivity index (χ0v) is 12.7.